The van der Waals surface area contributed by atoms with E-state index in [2.05, 4.69) is 31.9 Å². The van der Waals surface area contributed by atoms with Crippen molar-refractivity contribution in [3.05, 3.63) is 34.9 Å². The molecule has 1 rings (SSSR count). The largest absolute Gasteiger partial charge is 0.326 e. The topological polar surface area (TPSA) is 29.3 Å². The summed E-state index contributed by atoms with van der Waals surface area (Å²) >= 11 is 6.11. The van der Waals surface area contributed by atoms with Gasteiger partial charge in [-0.25, -0.2) is 0 Å². The summed E-state index contributed by atoms with van der Waals surface area (Å²) in [6.45, 7) is 5.45. The second-order valence-corrected chi connectivity index (χ2v) is 5.70. The predicted molar refractivity (Wildman–Crippen MR) is 84.6 cm³/mol. The molecule has 0 aliphatic heterocycles. The number of likely N-dealkylation sites (N-methyl/N-ethyl adjacent to an activating group) is 1. The molecule has 2 atom stereocenters. The molecule has 2 N–H and O–H groups in total. The molecule has 0 saturated heterocycles. The van der Waals surface area contributed by atoms with E-state index in [1.807, 2.05) is 18.2 Å². The van der Waals surface area contributed by atoms with Crippen molar-refractivity contribution in [1.82, 2.24) is 4.90 Å². The molecule has 0 aliphatic carbocycles. The highest BCUT2D eigenvalue weighted by atomic mass is 35.5. The van der Waals surface area contributed by atoms with Crippen LogP contribution in [0.4, 0.5) is 0 Å². The maximum atomic E-state index is 6.32. The molecule has 0 bridgehead atoms. The number of benzene rings is 1. The van der Waals surface area contributed by atoms with Gasteiger partial charge in [-0.05, 0) is 44.1 Å². The van der Waals surface area contributed by atoms with Crippen molar-refractivity contribution in [3.8, 4) is 0 Å². The van der Waals surface area contributed by atoms with Crippen molar-refractivity contribution in [1.29, 1.82) is 0 Å². The molecule has 0 heterocycles. The van der Waals surface area contributed by atoms with Crippen LogP contribution in [0.2, 0.25) is 5.02 Å². The van der Waals surface area contributed by atoms with Crippen LogP contribution < -0.4 is 5.73 Å². The van der Waals surface area contributed by atoms with E-state index in [0.29, 0.717) is 0 Å². The van der Waals surface area contributed by atoms with E-state index in [9.17, 15) is 0 Å². The number of hydrogen-bond acceptors (Lipinski definition) is 2. The Morgan fingerprint density at radius 1 is 1.26 bits per heavy atom. The standard InChI is InChI=1S/C16H27ClN2/c1-4-6-7-11-19(3)16(15(18)5-2)13-9-8-10-14(17)12-13/h8-10,12,15-16H,4-7,11,18H2,1-3H3. The Balaban J connectivity index is 2.82. The normalized spacial score (nSPS) is 14.6. The van der Waals surface area contributed by atoms with E-state index >= 15 is 0 Å². The molecule has 2 nitrogen and oxygen atoms in total. The highest BCUT2D eigenvalue weighted by Crippen LogP contribution is 2.26. The molecule has 0 radical (unpaired) electrons. The molecule has 0 spiro atoms. The second-order valence-electron chi connectivity index (χ2n) is 5.26. The van der Waals surface area contributed by atoms with E-state index in [1.54, 1.807) is 0 Å². The van der Waals surface area contributed by atoms with Crippen LogP contribution in [0.3, 0.4) is 0 Å². The van der Waals surface area contributed by atoms with Gasteiger partial charge in [-0.15, -0.1) is 0 Å². The minimum atomic E-state index is 0.144. The Kier molecular flexibility index (Phi) is 7.44. The van der Waals surface area contributed by atoms with Crippen molar-refractivity contribution in [2.24, 2.45) is 5.73 Å². The van der Waals surface area contributed by atoms with Gasteiger partial charge < -0.3 is 5.73 Å². The lowest BCUT2D eigenvalue weighted by molar-refractivity contribution is 0.206. The van der Waals surface area contributed by atoms with E-state index in [1.165, 1.54) is 24.8 Å². The molecular formula is C16H27ClN2. The molecule has 0 aromatic heterocycles. The predicted octanol–water partition coefficient (Wildman–Crippen LogP) is 4.24. The van der Waals surface area contributed by atoms with Crippen LogP contribution in [0.5, 0.6) is 0 Å². The summed E-state index contributed by atoms with van der Waals surface area (Å²) in [4.78, 5) is 2.37. The number of rotatable bonds is 8. The molecule has 19 heavy (non-hydrogen) atoms. The third-order valence-corrected chi connectivity index (χ3v) is 3.89. The molecule has 0 aliphatic rings. The van der Waals surface area contributed by atoms with Crippen molar-refractivity contribution in [2.45, 2.75) is 51.6 Å². The average molecular weight is 283 g/mol. The van der Waals surface area contributed by atoms with Gasteiger partial charge in [0.15, 0.2) is 0 Å². The Hall–Kier alpha value is -0.570. The van der Waals surface area contributed by atoms with E-state index in [0.717, 1.165) is 18.0 Å². The third kappa shape index (κ3) is 5.13. The number of nitrogens with two attached hydrogens (primary N) is 1. The Morgan fingerprint density at radius 2 is 2.00 bits per heavy atom. The Labute approximate surface area is 122 Å². The first-order valence-corrected chi connectivity index (χ1v) is 7.69. The summed E-state index contributed by atoms with van der Waals surface area (Å²) in [6.07, 6.45) is 4.71. The van der Waals surface area contributed by atoms with Crippen molar-refractivity contribution in [3.63, 3.8) is 0 Å². The summed E-state index contributed by atoms with van der Waals surface area (Å²) in [7, 11) is 2.16. The van der Waals surface area contributed by atoms with Crippen LogP contribution in [0, 0.1) is 0 Å². The summed E-state index contributed by atoms with van der Waals surface area (Å²) in [5.74, 6) is 0. The number of nitrogens with zero attached hydrogens (tertiary/aromatic N) is 1. The van der Waals surface area contributed by atoms with Gasteiger partial charge in [0, 0.05) is 17.1 Å². The van der Waals surface area contributed by atoms with Crippen LogP contribution >= 0.6 is 11.6 Å². The van der Waals surface area contributed by atoms with E-state index in [-0.39, 0.29) is 12.1 Å². The van der Waals surface area contributed by atoms with Gasteiger partial charge in [-0.1, -0.05) is 50.4 Å². The molecule has 0 amide bonds. The second kappa shape index (κ2) is 8.57. The quantitative estimate of drug-likeness (QED) is 0.723. The van der Waals surface area contributed by atoms with Crippen LogP contribution in [0.15, 0.2) is 24.3 Å². The van der Waals surface area contributed by atoms with E-state index in [4.69, 9.17) is 17.3 Å². The molecule has 1 aromatic carbocycles. The smallest absolute Gasteiger partial charge is 0.0496 e. The highest BCUT2D eigenvalue weighted by Gasteiger charge is 2.22. The van der Waals surface area contributed by atoms with Crippen LogP contribution in [-0.2, 0) is 0 Å². The van der Waals surface area contributed by atoms with Gasteiger partial charge in [0.05, 0.1) is 0 Å². The molecular weight excluding hydrogens is 256 g/mol. The molecule has 108 valence electrons. The number of halogens is 1. The fourth-order valence-electron chi connectivity index (χ4n) is 2.49. The minimum absolute atomic E-state index is 0.144. The fraction of sp³-hybridized carbons (Fsp3) is 0.625. The van der Waals surface area contributed by atoms with Gasteiger partial charge in [0.25, 0.3) is 0 Å². The monoisotopic (exact) mass is 282 g/mol. The van der Waals surface area contributed by atoms with Crippen molar-refractivity contribution in [2.75, 3.05) is 13.6 Å². The van der Waals surface area contributed by atoms with E-state index < -0.39 is 0 Å². The fourth-order valence-corrected chi connectivity index (χ4v) is 2.69. The Morgan fingerprint density at radius 3 is 2.58 bits per heavy atom. The van der Waals surface area contributed by atoms with Gasteiger partial charge >= 0.3 is 0 Å². The molecule has 2 unspecified atom stereocenters. The lowest BCUT2D eigenvalue weighted by atomic mass is 9.96. The van der Waals surface area contributed by atoms with Crippen LogP contribution in [-0.4, -0.2) is 24.5 Å². The zero-order valence-corrected chi connectivity index (χ0v) is 13.2. The summed E-state index contributed by atoms with van der Waals surface area (Å²) in [5, 5.41) is 0.785. The summed E-state index contributed by atoms with van der Waals surface area (Å²) < 4.78 is 0. The number of unbranched alkanes of at least 4 members (excludes halogenated alkanes) is 2. The molecule has 0 saturated carbocycles. The minimum Gasteiger partial charge on any atom is -0.326 e. The summed E-state index contributed by atoms with van der Waals surface area (Å²) in [6, 6.07) is 8.48. The van der Waals surface area contributed by atoms with Crippen LogP contribution in [0.25, 0.3) is 0 Å². The Bertz CT molecular complexity index is 368. The zero-order chi connectivity index (χ0) is 14.3. The van der Waals surface area contributed by atoms with Crippen LogP contribution in [0.1, 0.15) is 51.1 Å². The first-order valence-electron chi connectivity index (χ1n) is 7.31. The van der Waals surface area contributed by atoms with Crippen molar-refractivity contribution >= 4 is 11.6 Å². The first-order chi connectivity index (χ1) is 9.10. The average Bonchev–Trinajstić information content (AvgIpc) is 2.39. The highest BCUT2D eigenvalue weighted by molar-refractivity contribution is 6.30. The maximum absolute atomic E-state index is 6.32. The molecule has 3 heteroatoms. The van der Waals surface area contributed by atoms with Gasteiger partial charge in [0.2, 0.25) is 0 Å². The van der Waals surface area contributed by atoms with Gasteiger partial charge in [-0.2, -0.15) is 0 Å². The zero-order valence-electron chi connectivity index (χ0n) is 12.4. The number of hydrogen-bond donors (Lipinski definition) is 1. The SMILES string of the molecule is CCCCCN(C)C(c1cccc(Cl)c1)C(N)CC. The molecule has 0 fully saturated rings. The van der Waals surface area contributed by atoms with Crippen molar-refractivity contribution < 1.29 is 0 Å². The lowest BCUT2D eigenvalue weighted by Gasteiger charge is -2.33. The summed E-state index contributed by atoms with van der Waals surface area (Å²) in [5.41, 5.74) is 7.54. The molecule has 1 aromatic rings. The maximum Gasteiger partial charge on any atom is 0.0496 e. The van der Waals surface area contributed by atoms with Gasteiger partial charge in [-0.3, -0.25) is 4.90 Å². The third-order valence-electron chi connectivity index (χ3n) is 3.66. The first kappa shape index (κ1) is 16.5. The van der Waals surface area contributed by atoms with Gasteiger partial charge in [0.1, 0.15) is 0 Å². The lowest BCUT2D eigenvalue weighted by Crippen LogP contribution is -2.39.